The van der Waals surface area contributed by atoms with Gasteiger partial charge in [-0.25, -0.2) is 0 Å². The van der Waals surface area contributed by atoms with Gasteiger partial charge in [-0.1, -0.05) is 48.6 Å². The minimum Gasteiger partial charge on any atom is -0.0807 e. The molecule has 0 saturated heterocycles. The van der Waals surface area contributed by atoms with E-state index in [2.05, 4.69) is 24.3 Å². The molecule has 0 aromatic heterocycles. The van der Waals surface area contributed by atoms with E-state index in [0.29, 0.717) is 0 Å². The molecule has 0 N–H and O–H groups in total. The van der Waals surface area contributed by atoms with E-state index >= 15 is 0 Å². The predicted octanol–water partition coefficient (Wildman–Crippen LogP) is 2.61. The minimum absolute atomic E-state index is 1.04. The maximum atomic E-state index is 2.12. The summed E-state index contributed by atoms with van der Waals surface area (Å²) in [6.07, 6.45) is 17.5. The van der Waals surface area contributed by atoms with Gasteiger partial charge in [-0.2, -0.15) is 0 Å². The van der Waals surface area contributed by atoms with Crippen molar-refractivity contribution in [2.45, 2.75) is 6.42 Å². The topological polar surface area (TPSA) is 0 Å². The standard InChI is InChI=1S/C9H10/c1-2-4-6-8-9-7-5-3-1/h1-8H,9H2/b3-1-,4-2-,7-5-,8-6?. The number of allylic oxidation sites excluding steroid dienone is 8. The van der Waals surface area contributed by atoms with Crippen molar-refractivity contribution in [3.05, 3.63) is 48.6 Å². The van der Waals surface area contributed by atoms with Gasteiger partial charge in [0.15, 0.2) is 0 Å². The van der Waals surface area contributed by atoms with Crippen molar-refractivity contribution in [2.24, 2.45) is 0 Å². The number of rotatable bonds is 0. The van der Waals surface area contributed by atoms with Crippen LogP contribution < -0.4 is 0 Å². The Hall–Kier alpha value is -1.04. The lowest BCUT2D eigenvalue weighted by molar-refractivity contribution is 1.40. The highest BCUT2D eigenvalue weighted by atomic mass is 13.8. The Morgan fingerprint density at radius 3 is 1.56 bits per heavy atom. The molecule has 0 heterocycles. The van der Waals surface area contributed by atoms with Gasteiger partial charge in [-0.3, -0.25) is 0 Å². The van der Waals surface area contributed by atoms with Crippen molar-refractivity contribution in [3.8, 4) is 0 Å². The first-order chi connectivity index (χ1) is 4.50. The fraction of sp³-hybridized carbons (Fsp3) is 0.111. The molecule has 46 valence electrons. The molecule has 1 aliphatic rings. The van der Waals surface area contributed by atoms with Gasteiger partial charge in [-0.15, -0.1) is 0 Å². The molecule has 0 nitrogen and oxygen atoms in total. The predicted molar refractivity (Wildman–Crippen MR) is 41.2 cm³/mol. The Balaban J connectivity index is 2.60. The molecule has 1 rings (SSSR count). The third kappa shape index (κ3) is 2.70. The van der Waals surface area contributed by atoms with E-state index in [-0.39, 0.29) is 0 Å². The SMILES string of the molecule is C1=CC\C=C/C=C\C=C/1. The van der Waals surface area contributed by atoms with Gasteiger partial charge in [0.25, 0.3) is 0 Å². The fourth-order valence-electron chi connectivity index (χ4n) is 0.649. The van der Waals surface area contributed by atoms with Gasteiger partial charge in [0, 0.05) is 0 Å². The molecular formula is C9H10. The molecule has 0 unspecified atom stereocenters. The van der Waals surface area contributed by atoms with Crippen molar-refractivity contribution in [2.75, 3.05) is 0 Å². The maximum absolute atomic E-state index is 2.12. The summed E-state index contributed by atoms with van der Waals surface area (Å²) in [5.41, 5.74) is 0. The smallest absolute Gasteiger partial charge is 0.0163 e. The van der Waals surface area contributed by atoms with Crippen LogP contribution in [0.2, 0.25) is 0 Å². The molecule has 1 aliphatic carbocycles. The summed E-state index contributed by atoms with van der Waals surface area (Å²) < 4.78 is 0. The van der Waals surface area contributed by atoms with Crippen LogP contribution in [0.5, 0.6) is 0 Å². The zero-order valence-electron chi connectivity index (χ0n) is 5.33. The van der Waals surface area contributed by atoms with E-state index < -0.39 is 0 Å². The lowest BCUT2D eigenvalue weighted by Crippen LogP contribution is -1.53. The van der Waals surface area contributed by atoms with Gasteiger partial charge in [0.2, 0.25) is 0 Å². The molecule has 0 aromatic rings. The molecule has 0 aromatic carbocycles. The third-order valence-corrected chi connectivity index (χ3v) is 1.10. The Labute approximate surface area is 55.9 Å². The zero-order valence-corrected chi connectivity index (χ0v) is 5.33. The average molecular weight is 118 g/mol. The molecule has 9 heavy (non-hydrogen) atoms. The van der Waals surface area contributed by atoms with Crippen molar-refractivity contribution >= 4 is 0 Å². The van der Waals surface area contributed by atoms with Crippen molar-refractivity contribution in [3.63, 3.8) is 0 Å². The maximum Gasteiger partial charge on any atom is -0.0163 e. The molecule has 0 radical (unpaired) electrons. The van der Waals surface area contributed by atoms with E-state index in [4.69, 9.17) is 0 Å². The zero-order chi connectivity index (χ0) is 6.36. The minimum atomic E-state index is 1.04. The van der Waals surface area contributed by atoms with Crippen molar-refractivity contribution in [1.82, 2.24) is 0 Å². The van der Waals surface area contributed by atoms with E-state index in [9.17, 15) is 0 Å². The summed E-state index contributed by atoms with van der Waals surface area (Å²) in [7, 11) is 0. The summed E-state index contributed by atoms with van der Waals surface area (Å²) in [4.78, 5) is 0. The van der Waals surface area contributed by atoms with Gasteiger partial charge in [0.1, 0.15) is 0 Å². The Morgan fingerprint density at radius 1 is 0.556 bits per heavy atom. The molecule has 0 fully saturated rings. The Bertz CT molecular complexity index is 148. The van der Waals surface area contributed by atoms with Crippen LogP contribution in [0.3, 0.4) is 0 Å². The summed E-state index contributed by atoms with van der Waals surface area (Å²) in [5.74, 6) is 0. The molecule has 0 atom stereocenters. The first-order valence-corrected chi connectivity index (χ1v) is 3.15. The van der Waals surface area contributed by atoms with Gasteiger partial charge >= 0.3 is 0 Å². The number of hydrogen-bond acceptors (Lipinski definition) is 0. The average Bonchev–Trinajstić information content (AvgIpc) is 2.00. The van der Waals surface area contributed by atoms with Crippen LogP contribution in [0.4, 0.5) is 0 Å². The first kappa shape index (κ1) is 6.09. The largest absolute Gasteiger partial charge is 0.0807 e. The monoisotopic (exact) mass is 118 g/mol. The van der Waals surface area contributed by atoms with Crippen LogP contribution in [-0.4, -0.2) is 0 Å². The molecule has 0 aliphatic heterocycles. The summed E-state index contributed by atoms with van der Waals surface area (Å²) in [6, 6.07) is 0. The Morgan fingerprint density at radius 2 is 1.00 bits per heavy atom. The van der Waals surface area contributed by atoms with Crippen LogP contribution in [-0.2, 0) is 0 Å². The van der Waals surface area contributed by atoms with E-state index in [1.54, 1.807) is 0 Å². The normalized spacial score (nSPS) is 27.6. The molecule has 0 bridgehead atoms. The summed E-state index contributed by atoms with van der Waals surface area (Å²) in [5, 5.41) is 0. The molecule has 0 saturated carbocycles. The summed E-state index contributed by atoms with van der Waals surface area (Å²) in [6.45, 7) is 0. The molecule has 0 amide bonds. The summed E-state index contributed by atoms with van der Waals surface area (Å²) >= 11 is 0. The van der Waals surface area contributed by atoms with E-state index in [1.165, 1.54) is 0 Å². The fourth-order valence-corrected chi connectivity index (χ4v) is 0.649. The first-order valence-electron chi connectivity index (χ1n) is 3.15. The van der Waals surface area contributed by atoms with Crippen LogP contribution >= 0.6 is 0 Å². The van der Waals surface area contributed by atoms with E-state index in [0.717, 1.165) is 6.42 Å². The molecular weight excluding hydrogens is 108 g/mol. The quantitative estimate of drug-likeness (QED) is 0.458. The second-order valence-corrected chi connectivity index (χ2v) is 1.86. The lowest BCUT2D eigenvalue weighted by Gasteiger charge is -1.74. The van der Waals surface area contributed by atoms with Crippen LogP contribution in [0.25, 0.3) is 0 Å². The van der Waals surface area contributed by atoms with Crippen molar-refractivity contribution < 1.29 is 0 Å². The van der Waals surface area contributed by atoms with Gasteiger partial charge in [-0.05, 0) is 6.42 Å². The highest BCUT2D eigenvalue weighted by Crippen LogP contribution is 1.91. The van der Waals surface area contributed by atoms with Gasteiger partial charge < -0.3 is 0 Å². The second kappa shape index (κ2) is 3.90. The molecule has 0 heteroatoms. The van der Waals surface area contributed by atoms with Crippen LogP contribution in [0.15, 0.2) is 48.6 Å². The number of hydrogen-bond donors (Lipinski definition) is 0. The molecule has 0 spiro atoms. The highest BCUT2D eigenvalue weighted by molar-refractivity contribution is 5.18. The Kier molecular flexibility index (Phi) is 2.64. The second-order valence-electron chi connectivity index (χ2n) is 1.86. The van der Waals surface area contributed by atoms with Crippen LogP contribution in [0.1, 0.15) is 6.42 Å². The van der Waals surface area contributed by atoms with Crippen LogP contribution in [0, 0.1) is 0 Å². The van der Waals surface area contributed by atoms with Crippen molar-refractivity contribution in [1.29, 1.82) is 0 Å². The highest BCUT2D eigenvalue weighted by Gasteiger charge is 1.70. The van der Waals surface area contributed by atoms with E-state index in [1.807, 2.05) is 24.3 Å². The lowest BCUT2D eigenvalue weighted by atomic mass is 10.3. The van der Waals surface area contributed by atoms with Gasteiger partial charge in [0.05, 0.1) is 0 Å². The third-order valence-electron chi connectivity index (χ3n) is 1.10.